The quantitative estimate of drug-likeness (QED) is 0.717. The summed E-state index contributed by atoms with van der Waals surface area (Å²) in [7, 11) is -3.31. The summed E-state index contributed by atoms with van der Waals surface area (Å²) >= 11 is 0. The lowest BCUT2D eigenvalue weighted by atomic mass is 10.1. The van der Waals surface area contributed by atoms with E-state index in [1.165, 1.54) is 10.8 Å². The molecule has 2 aromatic carbocycles. The van der Waals surface area contributed by atoms with Crippen LogP contribution in [0.15, 0.2) is 36.4 Å². The molecule has 0 aliphatic heterocycles. The summed E-state index contributed by atoms with van der Waals surface area (Å²) in [5.41, 5.74) is 0. The highest BCUT2D eigenvalue weighted by Crippen LogP contribution is 2.35. The van der Waals surface area contributed by atoms with E-state index >= 15 is 0 Å². The smallest absolute Gasteiger partial charge is 0.242 e. The van der Waals surface area contributed by atoms with Crippen LogP contribution in [-0.4, -0.2) is 16.6 Å². The van der Waals surface area contributed by atoms with Crippen molar-refractivity contribution in [1.82, 2.24) is 0 Å². The van der Waals surface area contributed by atoms with Crippen molar-refractivity contribution in [2.24, 2.45) is 0 Å². The van der Waals surface area contributed by atoms with Gasteiger partial charge in [-0.2, -0.15) is 0 Å². The van der Waals surface area contributed by atoms with Crippen molar-refractivity contribution in [2.75, 3.05) is 0 Å². The zero-order valence-electron chi connectivity index (χ0n) is 13.3. The first-order valence-electron chi connectivity index (χ1n) is 7.05. The van der Waals surface area contributed by atoms with Crippen LogP contribution in [0.25, 0.3) is 10.8 Å². The molecule has 0 saturated carbocycles. The largest absolute Gasteiger partial charge is 0.542 e. The van der Waals surface area contributed by atoms with Gasteiger partial charge in [0.2, 0.25) is 16.6 Å². The maximum atomic E-state index is 6.22. The molecule has 20 heavy (non-hydrogen) atoms. The highest BCUT2D eigenvalue weighted by Gasteiger charge is 2.23. The van der Waals surface area contributed by atoms with Crippen LogP contribution in [0.3, 0.4) is 0 Å². The van der Waals surface area contributed by atoms with Crippen LogP contribution in [0.2, 0.25) is 39.3 Å². The van der Waals surface area contributed by atoms with Crippen molar-refractivity contribution in [3.05, 3.63) is 36.4 Å². The lowest BCUT2D eigenvalue weighted by Crippen LogP contribution is -2.32. The minimum atomic E-state index is -1.66. The first-order valence-corrected chi connectivity index (χ1v) is 13.9. The SMILES string of the molecule is C[Si](C)(C)Oc1cc2ccccc2cc1O[Si](C)(C)C. The summed E-state index contributed by atoms with van der Waals surface area (Å²) in [5, 5.41) is 2.40. The van der Waals surface area contributed by atoms with Crippen LogP contribution in [0.4, 0.5) is 0 Å². The molecule has 0 radical (unpaired) electrons. The van der Waals surface area contributed by atoms with E-state index in [1.807, 2.05) is 0 Å². The van der Waals surface area contributed by atoms with Gasteiger partial charge in [0.1, 0.15) is 11.5 Å². The van der Waals surface area contributed by atoms with Gasteiger partial charge in [0, 0.05) is 0 Å². The van der Waals surface area contributed by atoms with E-state index in [0.717, 1.165) is 11.5 Å². The Kier molecular flexibility index (Phi) is 3.98. The van der Waals surface area contributed by atoms with Crippen molar-refractivity contribution < 1.29 is 8.85 Å². The fraction of sp³-hybridized carbons (Fsp3) is 0.375. The molecule has 0 atom stereocenters. The van der Waals surface area contributed by atoms with Gasteiger partial charge in [0.05, 0.1) is 0 Å². The maximum Gasteiger partial charge on any atom is 0.242 e. The first-order chi connectivity index (χ1) is 9.14. The van der Waals surface area contributed by atoms with Crippen LogP contribution >= 0.6 is 0 Å². The number of fused-ring (bicyclic) bond motifs is 1. The third-order valence-corrected chi connectivity index (χ3v) is 4.31. The van der Waals surface area contributed by atoms with Crippen LogP contribution in [-0.2, 0) is 0 Å². The molecule has 4 heteroatoms. The summed E-state index contributed by atoms with van der Waals surface area (Å²) in [6.07, 6.45) is 0. The Morgan fingerprint density at radius 1 is 0.650 bits per heavy atom. The molecule has 0 unspecified atom stereocenters. The molecule has 0 fully saturated rings. The Labute approximate surface area is 124 Å². The number of hydrogen-bond donors (Lipinski definition) is 0. The Morgan fingerprint density at radius 2 is 1.00 bits per heavy atom. The molecule has 0 aliphatic carbocycles. The molecule has 2 nitrogen and oxygen atoms in total. The summed E-state index contributed by atoms with van der Waals surface area (Å²) in [5.74, 6) is 1.79. The second-order valence-corrected chi connectivity index (χ2v) is 15.9. The molecule has 0 amide bonds. The molecule has 0 heterocycles. The van der Waals surface area contributed by atoms with Crippen LogP contribution in [0.5, 0.6) is 11.5 Å². The fourth-order valence-electron chi connectivity index (χ4n) is 2.02. The van der Waals surface area contributed by atoms with Crippen LogP contribution in [0, 0.1) is 0 Å². The van der Waals surface area contributed by atoms with E-state index in [1.54, 1.807) is 0 Å². The van der Waals surface area contributed by atoms with Crippen LogP contribution in [0.1, 0.15) is 0 Å². The predicted molar refractivity (Wildman–Crippen MR) is 91.9 cm³/mol. The second kappa shape index (κ2) is 5.26. The number of hydrogen-bond acceptors (Lipinski definition) is 2. The Bertz CT molecular complexity index is 555. The van der Waals surface area contributed by atoms with Crippen molar-refractivity contribution in [3.8, 4) is 11.5 Å². The van der Waals surface area contributed by atoms with E-state index in [9.17, 15) is 0 Å². The molecular formula is C16H24O2Si2. The average Bonchev–Trinajstić information content (AvgIpc) is 2.26. The van der Waals surface area contributed by atoms with Gasteiger partial charge in [0.25, 0.3) is 0 Å². The molecular weight excluding hydrogens is 280 g/mol. The predicted octanol–water partition coefficient (Wildman–Crippen LogP) is 5.27. The molecule has 108 valence electrons. The minimum absolute atomic E-state index is 0.894. The van der Waals surface area contributed by atoms with Gasteiger partial charge in [-0.3, -0.25) is 0 Å². The van der Waals surface area contributed by atoms with E-state index in [0.29, 0.717) is 0 Å². The third-order valence-electron chi connectivity index (χ3n) is 2.64. The molecule has 0 spiro atoms. The normalized spacial score (nSPS) is 12.5. The van der Waals surface area contributed by atoms with E-state index in [2.05, 4.69) is 75.7 Å². The zero-order chi connectivity index (χ0) is 15.0. The summed E-state index contributed by atoms with van der Waals surface area (Å²) in [4.78, 5) is 0. The molecule has 2 aromatic rings. The fourth-order valence-corrected chi connectivity index (χ4v) is 3.66. The average molecular weight is 305 g/mol. The molecule has 0 saturated heterocycles. The first kappa shape index (κ1) is 15.1. The van der Waals surface area contributed by atoms with Crippen molar-refractivity contribution >= 4 is 27.4 Å². The standard InChI is InChI=1S/C16H24O2Si2/c1-19(2,3)17-15-11-13-9-7-8-10-14(13)12-16(15)18-20(4,5)6/h7-12H,1-6H3. The van der Waals surface area contributed by atoms with Gasteiger partial charge in [-0.05, 0) is 62.2 Å². The molecule has 0 aromatic heterocycles. The van der Waals surface area contributed by atoms with Gasteiger partial charge in [-0.25, -0.2) is 0 Å². The van der Waals surface area contributed by atoms with Crippen molar-refractivity contribution in [3.63, 3.8) is 0 Å². The van der Waals surface area contributed by atoms with Crippen molar-refractivity contribution in [2.45, 2.75) is 39.3 Å². The zero-order valence-corrected chi connectivity index (χ0v) is 15.3. The van der Waals surface area contributed by atoms with E-state index < -0.39 is 16.6 Å². The van der Waals surface area contributed by atoms with Crippen LogP contribution < -0.4 is 8.85 Å². The Balaban J connectivity index is 2.52. The van der Waals surface area contributed by atoms with Crippen molar-refractivity contribution in [1.29, 1.82) is 0 Å². The second-order valence-electron chi connectivity index (χ2n) is 7.07. The molecule has 0 bridgehead atoms. The monoisotopic (exact) mass is 304 g/mol. The summed E-state index contributed by atoms with van der Waals surface area (Å²) in [6.45, 7) is 13.2. The highest BCUT2D eigenvalue weighted by atomic mass is 28.4. The molecule has 0 aliphatic rings. The van der Waals surface area contributed by atoms with Gasteiger partial charge in [-0.15, -0.1) is 0 Å². The Hall–Kier alpha value is -1.27. The van der Waals surface area contributed by atoms with Gasteiger partial charge in [0.15, 0.2) is 0 Å². The van der Waals surface area contributed by atoms with E-state index in [-0.39, 0.29) is 0 Å². The third kappa shape index (κ3) is 4.11. The molecule has 0 N–H and O–H groups in total. The topological polar surface area (TPSA) is 18.5 Å². The lowest BCUT2D eigenvalue weighted by molar-refractivity contribution is 0.490. The molecule has 2 rings (SSSR count). The minimum Gasteiger partial charge on any atom is -0.542 e. The Morgan fingerprint density at radius 3 is 1.30 bits per heavy atom. The lowest BCUT2D eigenvalue weighted by Gasteiger charge is -2.26. The number of benzene rings is 2. The number of rotatable bonds is 4. The van der Waals surface area contributed by atoms with E-state index in [4.69, 9.17) is 8.85 Å². The van der Waals surface area contributed by atoms with Gasteiger partial charge in [-0.1, -0.05) is 24.3 Å². The van der Waals surface area contributed by atoms with Gasteiger partial charge >= 0.3 is 0 Å². The maximum absolute atomic E-state index is 6.22. The summed E-state index contributed by atoms with van der Waals surface area (Å²) < 4.78 is 12.4. The van der Waals surface area contributed by atoms with Gasteiger partial charge < -0.3 is 8.85 Å². The highest BCUT2D eigenvalue weighted by molar-refractivity contribution is 6.71. The summed E-state index contributed by atoms with van der Waals surface area (Å²) in [6, 6.07) is 12.6.